The van der Waals surface area contributed by atoms with Gasteiger partial charge in [0, 0.05) is 50.7 Å². The third kappa shape index (κ3) is 3.06. The van der Waals surface area contributed by atoms with Gasteiger partial charge in [-0.1, -0.05) is 19.1 Å². The minimum Gasteiger partial charge on any atom is -0.379 e. The summed E-state index contributed by atoms with van der Waals surface area (Å²) in [5, 5.41) is 0. The Balaban J connectivity index is 1.09. The van der Waals surface area contributed by atoms with Crippen molar-refractivity contribution in [2.75, 3.05) is 32.8 Å². The van der Waals surface area contributed by atoms with Crippen LogP contribution in [-0.2, 0) is 22.4 Å². The van der Waals surface area contributed by atoms with Gasteiger partial charge in [0.25, 0.3) is 0 Å². The molecule has 0 aromatic carbocycles. The van der Waals surface area contributed by atoms with Crippen LogP contribution in [0.1, 0.15) is 69.4 Å². The highest BCUT2D eigenvalue weighted by Crippen LogP contribution is 2.67. The molecule has 8 rings (SSSR count). The van der Waals surface area contributed by atoms with E-state index in [-0.39, 0.29) is 11.2 Å². The van der Waals surface area contributed by atoms with Crippen LogP contribution >= 0.6 is 0 Å². The number of ether oxygens (including phenoxy) is 2. The summed E-state index contributed by atoms with van der Waals surface area (Å²) < 4.78 is 13.2. The molecule has 2 spiro atoms. The second kappa shape index (κ2) is 7.99. The second-order valence-corrected chi connectivity index (χ2v) is 13.1. The lowest BCUT2D eigenvalue weighted by Crippen LogP contribution is -2.58. The van der Waals surface area contributed by atoms with E-state index in [1.165, 1.54) is 69.0 Å². The SMILES string of the molecule is CC12CC=C3C=C4CCC(N5CCOCC5)CC45CCC3(O5)C1CCC2N1CCc2ccncc2C1. The van der Waals surface area contributed by atoms with Gasteiger partial charge in [-0.2, -0.15) is 0 Å². The molecule has 2 saturated carbocycles. The molecule has 1 aromatic heterocycles. The number of nitrogens with zero attached hydrogens (tertiary/aromatic N) is 3. The van der Waals surface area contributed by atoms with E-state index in [9.17, 15) is 0 Å². The molecule has 2 saturated heterocycles. The molecule has 192 valence electrons. The normalized spacial score (nSPS) is 44.2. The predicted molar refractivity (Wildman–Crippen MR) is 140 cm³/mol. The number of hydrogen-bond acceptors (Lipinski definition) is 5. The fourth-order valence-electron chi connectivity index (χ4n) is 9.88. The summed E-state index contributed by atoms with van der Waals surface area (Å²) in [6, 6.07) is 3.52. The van der Waals surface area contributed by atoms with E-state index < -0.39 is 0 Å². The molecule has 1 aromatic rings. The van der Waals surface area contributed by atoms with Gasteiger partial charge < -0.3 is 9.47 Å². The average molecular weight is 488 g/mol. The van der Waals surface area contributed by atoms with Crippen LogP contribution in [0.15, 0.2) is 41.8 Å². The van der Waals surface area contributed by atoms with Crippen LogP contribution in [0.25, 0.3) is 0 Å². The van der Waals surface area contributed by atoms with Gasteiger partial charge in [0.1, 0.15) is 0 Å². The molecule has 36 heavy (non-hydrogen) atoms. The van der Waals surface area contributed by atoms with Crippen LogP contribution in [0.3, 0.4) is 0 Å². The molecular formula is C31H41N3O2. The Kier molecular flexibility index (Phi) is 4.98. The Hall–Kier alpha value is -1.53. The zero-order chi connectivity index (χ0) is 24.0. The first-order valence-corrected chi connectivity index (χ1v) is 14.7. The fourth-order valence-corrected chi connectivity index (χ4v) is 9.88. The van der Waals surface area contributed by atoms with Gasteiger partial charge in [-0.3, -0.25) is 14.8 Å². The Morgan fingerprint density at radius 1 is 1.00 bits per heavy atom. The second-order valence-electron chi connectivity index (χ2n) is 13.1. The Morgan fingerprint density at radius 2 is 1.92 bits per heavy atom. The standard InChI is InChI=1S/C31H41N3O2/c1-29-9-6-25-18-24-2-3-26(33-14-16-35-17-15-33)19-30(24)10-11-31(25,36-30)27(29)4-5-28(29)34-13-8-22-7-12-32-20-23(22)21-34/h6-7,12,18,20,26-28H,2-5,8-11,13-17,19,21H2,1H3. The molecule has 5 heteroatoms. The summed E-state index contributed by atoms with van der Waals surface area (Å²) in [6.07, 6.45) is 20.4. The topological polar surface area (TPSA) is 37.8 Å². The van der Waals surface area contributed by atoms with Crippen molar-refractivity contribution in [2.24, 2.45) is 11.3 Å². The fraction of sp³-hybridized carbons (Fsp3) is 0.710. The van der Waals surface area contributed by atoms with Crippen molar-refractivity contribution in [1.82, 2.24) is 14.8 Å². The molecule has 5 nitrogen and oxygen atoms in total. The van der Waals surface area contributed by atoms with E-state index in [4.69, 9.17) is 9.47 Å². The molecule has 2 bridgehead atoms. The summed E-state index contributed by atoms with van der Waals surface area (Å²) in [5.74, 6) is 0.631. The van der Waals surface area contributed by atoms with Crippen LogP contribution in [0.2, 0.25) is 0 Å². The number of fused-ring (bicyclic) bond motifs is 2. The first-order chi connectivity index (χ1) is 17.6. The number of allylic oxidation sites excluding steroid dienone is 1. The van der Waals surface area contributed by atoms with Crippen molar-refractivity contribution in [3.05, 3.63) is 52.9 Å². The molecule has 6 unspecified atom stereocenters. The highest BCUT2D eigenvalue weighted by atomic mass is 16.5. The molecule has 3 aliphatic carbocycles. The number of aromatic nitrogens is 1. The Morgan fingerprint density at radius 3 is 2.83 bits per heavy atom. The lowest BCUT2D eigenvalue weighted by Gasteiger charge is -2.56. The van der Waals surface area contributed by atoms with Gasteiger partial charge in [-0.05, 0) is 97.5 Å². The summed E-state index contributed by atoms with van der Waals surface area (Å²) in [6.45, 7) is 8.83. The van der Waals surface area contributed by atoms with Gasteiger partial charge in [0.05, 0.1) is 24.4 Å². The smallest absolute Gasteiger partial charge is 0.0975 e. The Labute approximate surface area is 215 Å². The third-order valence-corrected chi connectivity index (χ3v) is 11.7. The lowest BCUT2D eigenvalue weighted by atomic mass is 9.59. The maximum absolute atomic E-state index is 7.55. The molecule has 4 aliphatic heterocycles. The first kappa shape index (κ1) is 22.5. The zero-order valence-electron chi connectivity index (χ0n) is 21.9. The Bertz CT molecular complexity index is 1120. The van der Waals surface area contributed by atoms with Crippen molar-refractivity contribution >= 4 is 0 Å². The molecule has 5 heterocycles. The molecule has 7 aliphatic rings. The van der Waals surface area contributed by atoms with E-state index in [1.807, 2.05) is 6.20 Å². The van der Waals surface area contributed by atoms with Gasteiger partial charge in [0.2, 0.25) is 0 Å². The van der Waals surface area contributed by atoms with Crippen molar-refractivity contribution in [1.29, 1.82) is 0 Å². The summed E-state index contributed by atoms with van der Waals surface area (Å²) >= 11 is 0. The highest BCUT2D eigenvalue weighted by Gasteiger charge is 2.67. The minimum absolute atomic E-state index is 0.00929. The predicted octanol–water partition coefficient (Wildman–Crippen LogP) is 4.67. The summed E-state index contributed by atoms with van der Waals surface area (Å²) in [7, 11) is 0. The first-order valence-electron chi connectivity index (χ1n) is 14.7. The largest absolute Gasteiger partial charge is 0.379 e. The van der Waals surface area contributed by atoms with Gasteiger partial charge in [0.15, 0.2) is 0 Å². The monoisotopic (exact) mass is 487 g/mol. The van der Waals surface area contributed by atoms with Crippen molar-refractivity contribution in [2.45, 2.75) is 94.5 Å². The van der Waals surface area contributed by atoms with Gasteiger partial charge in [-0.25, -0.2) is 0 Å². The van der Waals surface area contributed by atoms with E-state index in [1.54, 1.807) is 11.1 Å². The van der Waals surface area contributed by atoms with Crippen molar-refractivity contribution < 1.29 is 9.47 Å². The number of rotatable bonds is 2. The minimum atomic E-state index is -0.0482. The van der Waals surface area contributed by atoms with E-state index in [0.717, 1.165) is 39.3 Å². The van der Waals surface area contributed by atoms with Crippen LogP contribution in [0, 0.1) is 11.3 Å². The van der Waals surface area contributed by atoms with E-state index >= 15 is 0 Å². The molecular weight excluding hydrogens is 446 g/mol. The average Bonchev–Trinajstić information content (AvgIpc) is 3.43. The molecule has 0 amide bonds. The van der Waals surface area contributed by atoms with Crippen LogP contribution < -0.4 is 0 Å². The maximum atomic E-state index is 7.55. The van der Waals surface area contributed by atoms with Crippen LogP contribution in [0.4, 0.5) is 0 Å². The highest BCUT2D eigenvalue weighted by molar-refractivity contribution is 5.47. The maximum Gasteiger partial charge on any atom is 0.0975 e. The number of hydrogen-bond donors (Lipinski definition) is 0. The molecule has 0 N–H and O–H groups in total. The van der Waals surface area contributed by atoms with Gasteiger partial charge in [-0.15, -0.1) is 0 Å². The van der Waals surface area contributed by atoms with Crippen LogP contribution in [-0.4, -0.2) is 70.9 Å². The number of morpholine rings is 1. The van der Waals surface area contributed by atoms with Crippen molar-refractivity contribution in [3.63, 3.8) is 0 Å². The van der Waals surface area contributed by atoms with E-state index in [2.05, 4.69) is 46.1 Å². The molecule has 0 radical (unpaired) electrons. The van der Waals surface area contributed by atoms with Gasteiger partial charge >= 0.3 is 0 Å². The summed E-state index contributed by atoms with van der Waals surface area (Å²) in [4.78, 5) is 9.96. The third-order valence-electron chi connectivity index (χ3n) is 11.7. The molecule has 4 fully saturated rings. The zero-order valence-corrected chi connectivity index (χ0v) is 21.9. The van der Waals surface area contributed by atoms with Crippen molar-refractivity contribution in [3.8, 4) is 0 Å². The quantitative estimate of drug-likeness (QED) is 0.606. The van der Waals surface area contributed by atoms with E-state index in [0.29, 0.717) is 23.4 Å². The summed E-state index contributed by atoms with van der Waals surface area (Å²) in [5.41, 5.74) is 6.34. The number of pyridine rings is 1. The molecule has 6 atom stereocenters. The lowest BCUT2D eigenvalue weighted by molar-refractivity contribution is -0.147. The van der Waals surface area contributed by atoms with Crippen LogP contribution in [0.5, 0.6) is 0 Å².